The lowest BCUT2D eigenvalue weighted by Crippen LogP contribution is -2.28. The van der Waals surface area contributed by atoms with E-state index >= 15 is 0 Å². The van der Waals surface area contributed by atoms with Crippen LogP contribution in [-0.4, -0.2) is 31.7 Å². The molecule has 9 heteroatoms. The second-order valence-corrected chi connectivity index (χ2v) is 5.35. The van der Waals surface area contributed by atoms with Crippen LogP contribution in [0, 0.1) is 5.92 Å². The highest BCUT2D eigenvalue weighted by molar-refractivity contribution is 5.90. The van der Waals surface area contributed by atoms with E-state index in [0.29, 0.717) is 23.8 Å². The summed E-state index contributed by atoms with van der Waals surface area (Å²) < 4.78 is 1.56. The molecule has 3 N–H and O–H groups in total. The van der Waals surface area contributed by atoms with E-state index in [9.17, 15) is 4.79 Å². The molecule has 1 amide bonds. The topological polar surface area (TPSA) is 98.7 Å². The average molecular weight is 359 g/mol. The number of hydrogen-bond donors (Lipinski definition) is 2. The van der Waals surface area contributed by atoms with E-state index in [4.69, 9.17) is 5.73 Å². The van der Waals surface area contributed by atoms with E-state index in [1.54, 1.807) is 29.3 Å². The van der Waals surface area contributed by atoms with Crippen molar-refractivity contribution >= 4 is 36.4 Å². The van der Waals surface area contributed by atoms with Gasteiger partial charge in [0, 0.05) is 12.5 Å². The molecular formula is C14H20Cl2N6O. The maximum atomic E-state index is 12.0. The normalized spacial score (nSPS) is 19.5. The van der Waals surface area contributed by atoms with Crippen molar-refractivity contribution in [3.05, 3.63) is 31.0 Å². The van der Waals surface area contributed by atoms with Gasteiger partial charge in [0.15, 0.2) is 5.82 Å². The number of nitrogens with zero attached hydrogens (tertiary/aromatic N) is 4. The summed E-state index contributed by atoms with van der Waals surface area (Å²) in [6.07, 6.45) is 8.29. The number of anilines is 1. The summed E-state index contributed by atoms with van der Waals surface area (Å²) in [4.78, 5) is 20.1. The Balaban J connectivity index is 0.00000132. The zero-order valence-electron chi connectivity index (χ0n) is 12.5. The van der Waals surface area contributed by atoms with Crippen molar-refractivity contribution in [3.8, 4) is 5.82 Å². The molecule has 126 valence electrons. The minimum atomic E-state index is -0.00680. The van der Waals surface area contributed by atoms with E-state index in [-0.39, 0.29) is 36.8 Å². The quantitative estimate of drug-likeness (QED) is 0.870. The van der Waals surface area contributed by atoms with Crippen LogP contribution in [0.3, 0.4) is 0 Å². The third kappa shape index (κ3) is 4.89. The summed E-state index contributed by atoms with van der Waals surface area (Å²) in [6.45, 7) is 0. The zero-order chi connectivity index (χ0) is 14.7. The Kier molecular flexibility index (Phi) is 7.41. The molecule has 1 saturated carbocycles. The molecule has 0 bridgehead atoms. The second-order valence-electron chi connectivity index (χ2n) is 5.35. The van der Waals surface area contributed by atoms with Crippen LogP contribution in [0.25, 0.3) is 5.82 Å². The van der Waals surface area contributed by atoms with Crippen LogP contribution in [0.15, 0.2) is 31.0 Å². The summed E-state index contributed by atoms with van der Waals surface area (Å²) in [5.74, 6) is 0.948. The molecule has 1 aliphatic carbocycles. The Morgan fingerprint density at radius 2 is 2.17 bits per heavy atom. The third-order valence-corrected chi connectivity index (χ3v) is 3.85. The number of amides is 1. The molecule has 0 unspecified atom stereocenters. The highest BCUT2D eigenvalue weighted by atomic mass is 35.5. The molecule has 0 aliphatic heterocycles. The monoisotopic (exact) mass is 358 g/mol. The van der Waals surface area contributed by atoms with Gasteiger partial charge in [0.05, 0.1) is 11.9 Å². The summed E-state index contributed by atoms with van der Waals surface area (Å²) in [5.41, 5.74) is 6.66. The van der Waals surface area contributed by atoms with Gasteiger partial charge in [0.1, 0.15) is 12.7 Å². The minimum absolute atomic E-state index is 0. The highest BCUT2D eigenvalue weighted by Gasteiger charge is 2.25. The van der Waals surface area contributed by atoms with Crippen LogP contribution < -0.4 is 11.1 Å². The van der Waals surface area contributed by atoms with Gasteiger partial charge in [0.25, 0.3) is 0 Å². The molecule has 2 aromatic rings. The number of nitrogens with one attached hydrogen (secondary N) is 1. The van der Waals surface area contributed by atoms with Crippen molar-refractivity contribution in [1.82, 2.24) is 19.7 Å². The molecule has 2 heterocycles. The van der Waals surface area contributed by atoms with Crippen LogP contribution in [0.4, 0.5) is 5.69 Å². The molecular weight excluding hydrogens is 339 g/mol. The molecule has 0 saturated heterocycles. The largest absolute Gasteiger partial charge is 0.327 e. The Morgan fingerprint density at radius 1 is 1.35 bits per heavy atom. The number of carbonyl (C=O) groups is 1. The SMILES string of the molecule is Cl.Cl.N[C@@H]1CCC[C@H]1CC(=O)Nc1ccc(-n2cncn2)nc1. The summed E-state index contributed by atoms with van der Waals surface area (Å²) in [7, 11) is 0. The van der Waals surface area contributed by atoms with Crippen molar-refractivity contribution in [2.45, 2.75) is 31.7 Å². The molecule has 3 rings (SSSR count). The van der Waals surface area contributed by atoms with Crippen molar-refractivity contribution in [3.63, 3.8) is 0 Å². The first-order valence-corrected chi connectivity index (χ1v) is 7.09. The molecule has 2 atom stereocenters. The van der Waals surface area contributed by atoms with Gasteiger partial charge in [0.2, 0.25) is 5.91 Å². The summed E-state index contributed by atoms with van der Waals surface area (Å²) in [5, 5.41) is 6.86. The van der Waals surface area contributed by atoms with Gasteiger partial charge in [-0.3, -0.25) is 4.79 Å². The first-order chi connectivity index (χ1) is 10.2. The maximum Gasteiger partial charge on any atom is 0.224 e. The summed E-state index contributed by atoms with van der Waals surface area (Å²) in [6, 6.07) is 3.74. The molecule has 7 nitrogen and oxygen atoms in total. The lowest BCUT2D eigenvalue weighted by atomic mass is 10.00. The smallest absolute Gasteiger partial charge is 0.224 e. The molecule has 0 spiro atoms. The number of carbonyl (C=O) groups excluding carboxylic acids is 1. The van der Waals surface area contributed by atoms with Gasteiger partial charge in [-0.25, -0.2) is 14.6 Å². The molecule has 1 fully saturated rings. The lowest BCUT2D eigenvalue weighted by molar-refractivity contribution is -0.117. The second kappa shape index (κ2) is 8.81. The molecule has 23 heavy (non-hydrogen) atoms. The van der Waals surface area contributed by atoms with Gasteiger partial charge in [-0.05, 0) is 30.9 Å². The van der Waals surface area contributed by atoms with Gasteiger partial charge < -0.3 is 11.1 Å². The third-order valence-electron chi connectivity index (χ3n) is 3.85. The van der Waals surface area contributed by atoms with Crippen molar-refractivity contribution in [2.75, 3.05) is 5.32 Å². The molecule has 0 aromatic carbocycles. The van der Waals surface area contributed by atoms with Gasteiger partial charge >= 0.3 is 0 Å². The van der Waals surface area contributed by atoms with Gasteiger partial charge in [-0.1, -0.05) is 6.42 Å². The van der Waals surface area contributed by atoms with Crippen molar-refractivity contribution < 1.29 is 4.79 Å². The minimum Gasteiger partial charge on any atom is -0.327 e. The summed E-state index contributed by atoms with van der Waals surface area (Å²) >= 11 is 0. The van der Waals surface area contributed by atoms with E-state index in [2.05, 4.69) is 20.4 Å². The van der Waals surface area contributed by atoms with E-state index in [0.717, 1.165) is 19.3 Å². The number of halogens is 2. The fraction of sp³-hybridized carbons (Fsp3) is 0.429. The highest BCUT2D eigenvalue weighted by Crippen LogP contribution is 2.27. The van der Waals surface area contributed by atoms with Crippen molar-refractivity contribution in [1.29, 1.82) is 0 Å². The fourth-order valence-corrected chi connectivity index (χ4v) is 2.69. The van der Waals surface area contributed by atoms with Crippen molar-refractivity contribution in [2.24, 2.45) is 11.7 Å². The van der Waals surface area contributed by atoms with Crippen LogP contribution in [0.1, 0.15) is 25.7 Å². The van der Waals surface area contributed by atoms with E-state index in [1.807, 2.05) is 0 Å². The Bertz CT molecular complexity index is 604. The predicted octanol–water partition coefficient (Wildman–Crippen LogP) is 1.96. The first kappa shape index (κ1) is 19.3. The molecule has 2 aromatic heterocycles. The molecule has 0 radical (unpaired) electrons. The Morgan fingerprint density at radius 3 is 2.74 bits per heavy atom. The van der Waals surface area contributed by atoms with Crippen LogP contribution in [0.5, 0.6) is 0 Å². The fourth-order valence-electron chi connectivity index (χ4n) is 2.69. The van der Waals surface area contributed by atoms with Crippen LogP contribution in [-0.2, 0) is 4.79 Å². The Hall–Kier alpha value is -1.70. The standard InChI is InChI=1S/C14H18N6O.2ClH/c15-12-3-1-2-10(12)6-14(21)19-11-4-5-13(17-7-11)20-9-16-8-18-20;;/h4-5,7-10,12H,1-3,6,15H2,(H,19,21);2*1H/t10-,12+;;/m0../s1. The van der Waals surface area contributed by atoms with Crippen LogP contribution in [0.2, 0.25) is 0 Å². The number of pyridine rings is 1. The van der Waals surface area contributed by atoms with Gasteiger partial charge in [-0.2, -0.15) is 5.10 Å². The zero-order valence-corrected chi connectivity index (χ0v) is 14.1. The lowest BCUT2D eigenvalue weighted by Gasteiger charge is -2.14. The number of hydrogen-bond acceptors (Lipinski definition) is 5. The predicted molar refractivity (Wildman–Crippen MR) is 92.2 cm³/mol. The number of aromatic nitrogens is 4. The maximum absolute atomic E-state index is 12.0. The average Bonchev–Trinajstić information content (AvgIpc) is 3.12. The van der Waals surface area contributed by atoms with E-state index < -0.39 is 0 Å². The number of rotatable bonds is 4. The first-order valence-electron chi connectivity index (χ1n) is 7.09. The Labute approximate surface area is 146 Å². The van der Waals surface area contributed by atoms with E-state index in [1.165, 1.54) is 6.33 Å². The number of nitrogens with two attached hydrogens (primary N) is 1. The van der Waals surface area contributed by atoms with Crippen LogP contribution >= 0.6 is 24.8 Å². The van der Waals surface area contributed by atoms with Gasteiger partial charge in [-0.15, -0.1) is 24.8 Å². The molecule has 1 aliphatic rings.